The van der Waals surface area contributed by atoms with E-state index in [0.717, 1.165) is 5.56 Å². The van der Waals surface area contributed by atoms with E-state index < -0.39 is 11.0 Å². The molecule has 0 saturated carbocycles. The van der Waals surface area contributed by atoms with Crippen LogP contribution in [-0.4, -0.2) is 27.6 Å². The van der Waals surface area contributed by atoms with E-state index in [9.17, 15) is 14.9 Å². The van der Waals surface area contributed by atoms with Gasteiger partial charge in [-0.1, -0.05) is 29.8 Å². The summed E-state index contributed by atoms with van der Waals surface area (Å²) in [6.45, 7) is 3.52. The number of azo groups is 1. The van der Waals surface area contributed by atoms with E-state index in [4.69, 9.17) is 11.6 Å². The molecule has 0 bridgehead atoms. The van der Waals surface area contributed by atoms with Gasteiger partial charge in [0.25, 0.3) is 11.6 Å². The van der Waals surface area contributed by atoms with Crippen molar-refractivity contribution in [3.63, 3.8) is 0 Å². The highest BCUT2D eigenvalue weighted by molar-refractivity contribution is 7.14. The smallest absolute Gasteiger partial charge is 0.269 e. The maximum Gasteiger partial charge on any atom is 0.282 e. The van der Waals surface area contributed by atoms with E-state index in [1.165, 1.54) is 28.5 Å². The summed E-state index contributed by atoms with van der Waals surface area (Å²) in [5.41, 5.74) is 2.90. The molecule has 0 spiro atoms. The van der Waals surface area contributed by atoms with Crippen LogP contribution in [-0.2, 0) is 4.79 Å². The minimum absolute atomic E-state index is 0.0325. The van der Waals surface area contributed by atoms with Gasteiger partial charge in [-0.15, -0.1) is 11.3 Å². The number of anilines is 1. The number of amides is 1. The number of carbonyl (C=O) groups excluding carboxylic acids is 1. The number of nitro groups is 1. The second-order valence-corrected chi connectivity index (χ2v) is 7.96. The number of nitro benzene ring substituents is 1. The highest BCUT2D eigenvalue weighted by Crippen LogP contribution is 2.32. The van der Waals surface area contributed by atoms with Crippen molar-refractivity contribution in [3.05, 3.63) is 68.5 Å². The van der Waals surface area contributed by atoms with Gasteiger partial charge in [0.05, 0.1) is 22.0 Å². The molecule has 0 radical (unpaired) electrons. The van der Waals surface area contributed by atoms with E-state index in [-0.39, 0.29) is 11.6 Å². The molecule has 1 aromatic heterocycles. The molecule has 0 unspecified atom stereocenters. The highest BCUT2D eigenvalue weighted by atomic mass is 35.5. The second-order valence-electron chi connectivity index (χ2n) is 6.72. The first kappa shape index (κ1) is 20.8. The van der Waals surface area contributed by atoms with Crippen LogP contribution in [0.3, 0.4) is 0 Å². The van der Waals surface area contributed by atoms with Crippen LogP contribution in [0.15, 0.2) is 63.2 Å². The predicted octanol–water partition coefficient (Wildman–Crippen LogP) is 5.56. The van der Waals surface area contributed by atoms with E-state index in [1.807, 2.05) is 6.92 Å². The van der Waals surface area contributed by atoms with Gasteiger partial charge in [-0.3, -0.25) is 14.9 Å². The Hall–Kier alpha value is -3.50. The molecule has 156 valence electrons. The van der Waals surface area contributed by atoms with E-state index in [1.54, 1.807) is 42.6 Å². The van der Waals surface area contributed by atoms with Crippen LogP contribution in [0.2, 0.25) is 5.02 Å². The second kappa shape index (κ2) is 8.32. The summed E-state index contributed by atoms with van der Waals surface area (Å²) in [6, 6.07) is 10.6. The summed E-state index contributed by atoms with van der Waals surface area (Å²) >= 11 is 7.31. The number of thiazole rings is 1. The molecule has 1 aliphatic rings. The molecule has 2 heterocycles. The Kier molecular flexibility index (Phi) is 5.57. The number of hydrazone groups is 1. The lowest BCUT2D eigenvalue weighted by atomic mass is 10.1. The molecule has 4 rings (SSSR count). The lowest BCUT2D eigenvalue weighted by Gasteiger charge is -2.08. The Balaban J connectivity index is 1.56. The van der Waals surface area contributed by atoms with Crippen molar-refractivity contribution in [2.75, 3.05) is 5.01 Å². The van der Waals surface area contributed by atoms with Crippen molar-refractivity contribution < 1.29 is 9.72 Å². The molecular formula is C20H15ClN6O3S. The molecule has 0 aliphatic carbocycles. The molecule has 2 aromatic carbocycles. The largest absolute Gasteiger partial charge is 0.282 e. The van der Waals surface area contributed by atoms with Gasteiger partial charge in [0.15, 0.2) is 6.04 Å². The van der Waals surface area contributed by atoms with E-state index in [0.29, 0.717) is 32.8 Å². The Morgan fingerprint density at radius 3 is 2.77 bits per heavy atom. The van der Waals surface area contributed by atoms with Gasteiger partial charge in [0.1, 0.15) is 0 Å². The van der Waals surface area contributed by atoms with Crippen molar-refractivity contribution in [1.82, 2.24) is 4.98 Å². The topological polar surface area (TPSA) is 113 Å². The summed E-state index contributed by atoms with van der Waals surface area (Å²) in [4.78, 5) is 27.9. The Bertz CT molecular complexity index is 1260. The number of rotatable bonds is 5. The molecule has 1 aliphatic heterocycles. The van der Waals surface area contributed by atoms with Gasteiger partial charge >= 0.3 is 0 Å². The third-order valence-electron chi connectivity index (χ3n) is 4.64. The number of hydrogen-bond donors (Lipinski definition) is 0. The Labute approximate surface area is 185 Å². The zero-order valence-corrected chi connectivity index (χ0v) is 18.0. The number of aromatic nitrogens is 1. The molecule has 0 saturated heterocycles. The highest BCUT2D eigenvalue weighted by Gasteiger charge is 2.36. The molecule has 31 heavy (non-hydrogen) atoms. The molecule has 3 aromatic rings. The number of non-ortho nitro benzene ring substituents is 1. The molecule has 11 heteroatoms. The minimum Gasteiger partial charge on any atom is -0.269 e. The zero-order valence-electron chi connectivity index (χ0n) is 16.4. The Morgan fingerprint density at radius 1 is 1.23 bits per heavy atom. The molecule has 0 fully saturated rings. The van der Waals surface area contributed by atoms with Crippen molar-refractivity contribution in [2.45, 2.75) is 19.9 Å². The van der Waals surface area contributed by atoms with Gasteiger partial charge < -0.3 is 0 Å². The van der Waals surface area contributed by atoms with Crippen molar-refractivity contribution >= 4 is 51.1 Å². The molecule has 1 amide bonds. The monoisotopic (exact) mass is 454 g/mol. The maximum atomic E-state index is 12.9. The summed E-state index contributed by atoms with van der Waals surface area (Å²) in [6.07, 6.45) is 0. The van der Waals surface area contributed by atoms with E-state index in [2.05, 4.69) is 20.3 Å². The lowest BCUT2D eigenvalue weighted by Crippen LogP contribution is -2.29. The quantitative estimate of drug-likeness (QED) is 0.285. The lowest BCUT2D eigenvalue weighted by molar-refractivity contribution is -0.384. The van der Waals surface area contributed by atoms with Crippen LogP contribution in [0.5, 0.6) is 0 Å². The number of nitrogens with zero attached hydrogens (tertiary/aromatic N) is 6. The van der Waals surface area contributed by atoms with Gasteiger partial charge in [-0.2, -0.15) is 20.3 Å². The predicted molar refractivity (Wildman–Crippen MR) is 119 cm³/mol. The summed E-state index contributed by atoms with van der Waals surface area (Å²) in [5.74, 6) is -0.374. The first-order valence-corrected chi connectivity index (χ1v) is 10.4. The van der Waals surface area contributed by atoms with Crippen LogP contribution in [0.25, 0.3) is 11.3 Å². The molecule has 9 nitrogen and oxygen atoms in total. The fraction of sp³-hybridized carbons (Fsp3) is 0.150. The molecular weight excluding hydrogens is 440 g/mol. The number of benzene rings is 2. The first-order chi connectivity index (χ1) is 14.8. The first-order valence-electron chi connectivity index (χ1n) is 9.10. The molecule has 1 atom stereocenters. The number of hydrogen-bond acceptors (Lipinski definition) is 8. The van der Waals surface area contributed by atoms with Crippen LogP contribution < -0.4 is 5.01 Å². The van der Waals surface area contributed by atoms with Crippen LogP contribution in [0.4, 0.5) is 16.5 Å². The molecule has 0 N–H and O–H groups in total. The average Bonchev–Trinajstić information content (AvgIpc) is 3.34. The summed E-state index contributed by atoms with van der Waals surface area (Å²) < 4.78 is 0. The maximum absolute atomic E-state index is 12.9. The van der Waals surface area contributed by atoms with E-state index >= 15 is 0 Å². The van der Waals surface area contributed by atoms with Gasteiger partial charge in [0.2, 0.25) is 5.13 Å². The summed E-state index contributed by atoms with van der Waals surface area (Å²) in [7, 11) is 0. The number of halogens is 1. The third kappa shape index (κ3) is 4.07. The summed E-state index contributed by atoms with van der Waals surface area (Å²) in [5, 5.41) is 27.5. The van der Waals surface area contributed by atoms with Crippen LogP contribution in [0, 0.1) is 17.0 Å². The van der Waals surface area contributed by atoms with Crippen molar-refractivity contribution in [3.8, 4) is 11.3 Å². The standard InChI is InChI=1S/C20H15ClN6O3S/c1-11-15(21)7-4-8-16(11)23-24-18-12(2)25-26(19(18)28)20-22-17(10-31-20)13-5-3-6-14(9-13)27(29)30/h3-10,18H,1-2H3/t18-/m0/s1. The average molecular weight is 455 g/mol. The SMILES string of the molecule is CC1=NN(c2nc(-c3cccc([N+](=O)[O-])c3)cs2)C(=O)[C@H]1N=Nc1cccc(Cl)c1C. The fourth-order valence-electron chi connectivity index (χ4n) is 2.92. The van der Waals surface area contributed by atoms with Crippen molar-refractivity contribution in [2.24, 2.45) is 15.3 Å². The fourth-order valence-corrected chi connectivity index (χ4v) is 3.88. The van der Waals surface area contributed by atoms with Gasteiger partial charge in [0, 0.05) is 28.1 Å². The Morgan fingerprint density at radius 2 is 2.00 bits per heavy atom. The minimum atomic E-state index is -0.858. The zero-order chi connectivity index (χ0) is 22.1. The van der Waals surface area contributed by atoms with Crippen LogP contribution in [0.1, 0.15) is 12.5 Å². The van der Waals surface area contributed by atoms with Crippen LogP contribution >= 0.6 is 22.9 Å². The third-order valence-corrected chi connectivity index (χ3v) is 5.87. The normalized spacial score (nSPS) is 16.2. The van der Waals surface area contributed by atoms with Gasteiger partial charge in [-0.25, -0.2) is 4.98 Å². The van der Waals surface area contributed by atoms with Crippen molar-refractivity contribution in [1.29, 1.82) is 0 Å². The van der Waals surface area contributed by atoms with Gasteiger partial charge in [-0.05, 0) is 31.5 Å². The number of carbonyl (C=O) groups is 1.